The van der Waals surface area contributed by atoms with Gasteiger partial charge in [-0.05, 0) is 55.7 Å². The highest BCUT2D eigenvalue weighted by Crippen LogP contribution is 2.69. The van der Waals surface area contributed by atoms with Crippen molar-refractivity contribution in [3.05, 3.63) is 35.6 Å². The number of rotatable bonds is 4. The molecule has 1 aliphatic heterocycles. The first-order valence-corrected chi connectivity index (χ1v) is 12.9. The van der Waals surface area contributed by atoms with Gasteiger partial charge in [-0.2, -0.15) is 0 Å². The number of aliphatic hydroxyl groups excluding tert-OH is 1. The van der Waals surface area contributed by atoms with Crippen LogP contribution in [0.3, 0.4) is 0 Å². The molecule has 1 heterocycles. The smallest absolute Gasteiger partial charge is 0.374 e. The van der Waals surface area contributed by atoms with Gasteiger partial charge in [-0.25, -0.2) is 4.79 Å². The molecule has 0 aromatic rings. The minimum absolute atomic E-state index is 0.00220. The highest BCUT2D eigenvalue weighted by Gasteiger charge is 2.72. The average Bonchev–Trinajstić information content (AvgIpc) is 3.40. The molecule has 0 saturated heterocycles. The lowest BCUT2D eigenvalue weighted by atomic mass is 9.46. The number of carbonyl (C=O) groups excluding carboxylic acids is 3. The van der Waals surface area contributed by atoms with Crippen LogP contribution < -0.4 is 0 Å². The predicted molar refractivity (Wildman–Crippen MR) is 126 cm³/mol. The maximum absolute atomic E-state index is 13.5. The summed E-state index contributed by atoms with van der Waals surface area (Å²) in [6.45, 7) is 6.49. The van der Waals surface area contributed by atoms with Crippen molar-refractivity contribution in [1.29, 1.82) is 0 Å². The third kappa shape index (κ3) is 3.07. The van der Waals surface area contributed by atoms with Gasteiger partial charge in [-0.15, -0.1) is 11.6 Å². The molecule has 5 aliphatic rings. The second-order valence-electron chi connectivity index (χ2n) is 11.2. The fourth-order valence-corrected chi connectivity index (χ4v) is 8.57. The Morgan fingerprint density at radius 3 is 2.76 bits per heavy atom. The first kappa shape index (κ1) is 23.8. The van der Waals surface area contributed by atoms with Crippen molar-refractivity contribution < 1.29 is 29.0 Å². The topological polar surface area (TPSA) is 89.9 Å². The van der Waals surface area contributed by atoms with Crippen LogP contribution in [0.5, 0.6) is 0 Å². The van der Waals surface area contributed by atoms with Crippen LogP contribution in [0.2, 0.25) is 0 Å². The van der Waals surface area contributed by atoms with Crippen LogP contribution in [0, 0.1) is 34.5 Å². The van der Waals surface area contributed by atoms with Crippen LogP contribution in [0.1, 0.15) is 52.9 Å². The van der Waals surface area contributed by atoms with E-state index in [4.69, 9.17) is 21.1 Å². The molecule has 0 aromatic heterocycles. The zero-order valence-electron chi connectivity index (χ0n) is 20.0. The van der Waals surface area contributed by atoms with E-state index in [9.17, 15) is 19.5 Å². The molecule has 7 heteroatoms. The standard InChI is InChI=1S/C27H33ClO6/c1-15-11-19-18-7-6-16-12-17(29)8-9-25(16,2)23(18)20(30)13-26(19,3)27(15,22(31)14-28)34-24(32)21-5-4-10-33-21/h5,8-9,12,15,18-20,23,30H,4,6-7,10-11,13-14H2,1-3H3/t15-,18?,19?,20?,23?,25+,26+,27+/m1/s1. The van der Waals surface area contributed by atoms with Crippen molar-refractivity contribution in [2.24, 2.45) is 34.5 Å². The lowest BCUT2D eigenvalue weighted by molar-refractivity contribution is -0.202. The lowest BCUT2D eigenvalue weighted by Crippen LogP contribution is -2.64. The number of allylic oxidation sites excluding steroid dienone is 4. The number of hydrogen-bond donors (Lipinski definition) is 1. The number of Topliss-reactive ketones (excluding diaryl/α,β-unsaturated/α-hetero) is 1. The third-order valence-corrected chi connectivity index (χ3v) is 9.97. The largest absolute Gasteiger partial charge is 0.486 e. The summed E-state index contributed by atoms with van der Waals surface area (Å²) in [5, 5.41) is 11.6. The molecule has 4 unspecified atom stereocenters. The highest BCUT2D eigenvalue weighted by atomic mass is 35.5. The quantitative estimate of drug-likeness (QED) is 0.476. The Morgan fingerprint density at radius 1 is 1.32 bits per heavy atom. The van der Waals surface area contributed by atoms with E-state index in [1.54, 1.807) is 18.2 Å². The second kappa shape index (κ2) is 8.06. The number of aliphatic hydroxyl groups is 1. The minimum Gasteiger partial charge on any atom is -0.486 e. The predicted octanol–water partition coefficient (Wildman–Crippen LogP) is 3.91. The van der Waals surface area contributed by atoms with Gasteiger partial charge in [0.25, 0.3) is 0 Å². The number of fused-ring (bicyclic) bond motifs is 5. The summed E-state index contributed by atoms with van der Waals surface area (Å²) in [6.07, 6.45) is 9.54. The molecule has 5 rings (SSSR count). The molecule has 4 aliphatic carbocycles. The summed E-state index contributed by atoms with van der Waals surface area (Å²) in [5.41, 5.74) is -1.51. The lowest BCUT2D eigenvalue weighted by Gasteiger charge is -2.60. The van der Waals surface area contributed by atoms with Gasteiger partial charge in [-0.1, -0.05) is 32.4 Å². The number of ether oxygens (including phenoxy) is 2. The molecule has 8 atom stereocenters. The molecule has 0 aromatic carbocycles. The van der Waals surface area contributed by atoms with E-state index in [2.05, 4.69) is 6.92 Å². The van der Waals surface area contributed by atoms with E-state index in [1.807, 2.05) is 19.9 Å². The third-order valence-electron chi connectivity index (χ3n) is 9.73. The number of alkyl halides is 1. The molecule has 0 spiro atoms. The summed E-state index contributed by atoms with van der Waals surface area (Å²) in [4.78, 5) is 38.7. The van der Waals surface area contributed by atoms with Crippen molar-refractivity contribution in [2.45, 2.75) is 64.6 Å². The number of ketones is 2. The first-order chi connectivity index (χ1) is 16.1. The van der Waals surface area contributed by atoms with Crippen LogP contribution in [0.4, 0.5) is 0 Å². The minimum atomic E-state index is -1.43. The molecular formula is C27H33ClO6. The van der Waals surface area contributed by atoms with Gasteiger partial charge in [0, 0.05) is 29.1 Å². The van der Waals surface area contributed by atoms with Crippen molar-refractivity contribution in [1.82, 2.24) is 0 Å². The van der Waals surface area contributed by atoms with Gasteiger partial charge < -0.3 is 14.6 Å². The van der Waals surface area contributed by atoms with Gasteiger partial charge in [0.1, 0.15) is 0 Å². The molecule has 3 fully saturated rings. The van der Waals surface area contributed by atoms with Gasteiger partial charge in [0.15, 0.2) is 17.2 Å². The maximum Gasteiger partial charge on any atom is 0.374 e. The average molecular weight is 489 g/mol. The molecule has 0 radical (unpaired) electrons. The maximum atomic E-state index is 13.5. The Hall–Kier alpha value is -1.92. The summed E-state index contributed by atoms with van der Waals surface area (Å²) < 4.78 is 11.6. The van der Waals surface area contributed by atoms with Gasteiger partial charge in [-0.3, -0.25) is 9.59 Å². The molecule has 1 N–H and O–H groups in total. The van der Waals surface area contributed by atoms with E-state index < -0.39 is 28.5 Å². The Labute approximate surface area is 205 Å². The van der Waals surface area contributed by atoms with Crippen molar-refractivity contribution >= 4 is 29.1 Å². The van der Waals surface area contributed by atoms with Gasteiger partial charge in [0.2, 0.25) is 5.76 Å². The summed E-state index contributed by atoms with van der Waals surface area (Å²) >= 11 is 6.13. The number of halogens is 1. The molecule has 0 bridgehead atoms. The molecular weight excluding hydrogens is 456 g/mol. The number of hydrogen-bond acceptors (Lipinski definition) is 6. The normalized spacial score (nSPS) is 44.9. The van der Waals surface area contributed by atoms with Gasteiger partial charge >= 0.3 is 5.97 Å². The van der Waals surface area contributed by atoms with Crippen LogP contribution >= 0.6 is 11.6 Å². The molecule has 0 amide bonds. The second-order valence-corrected chi connectivity index (χ2v) is 11.5. The first-order valence-electron chi connectivity index (χ1n) is 12.4. The SMILES string of the molecule is C[C@@H]1CC2C3CCC4=CC(=O)C=C[C@]4(C)C3C(O)C[C@]2(C)[C@@]1(OC(=O)C1=CCCO1)C(=O)CCl. The summed E-state index contributed by atoms with van der Waals surface area (Å²) in [6, 6.07) is 0. The van der Waals surface area contributed by atoms with Crippen molar-refractivity contribution in [3.63, 3.8) is 0 Å². The molecule has 6 nitrogen and oxygen atoms in total. The van der Waals surface area contributed by atoms with Crippen LogP contribution in [0.25, 0.3) is 0 Å². The Kier molecular flexibility index (Phi) is 5.64. The molecule has 3 saturated carbocycles. The molecule has 34 heavy (non-hydrogen) atoms. The van der Waals surface area contributed by atoms with Crippen LogP contribution in [-0.2, 0) is 23.9 Å². The zero-order valence-corrected chi connectivity index (χ0v) is 20.8. The zero-order chi connectivity index (χ0) is 24.5. The van der Waals surface area contributed by atoms with Gasteiger partial charge in [0.05, 0.1) is 18.6 Å². The van der Waals surface area contributed by atoms with Crippen LogP contribution in [0.15, 0.2) is 35.6 Å². The van der Waals surface area contributed by atoms with E-state index in [0.717, 1.165) is 18.4 Å². The Balaban J connectivity index is 1.56. The van der Waals surface area contributed by atoms with E-state index in [1.165, 1.54) is 0 Å². The van der Waals surface area contributed by atoms with Crippen molar-refractivity contribution in [2.75, 3.05) is 12.5 Å². The summed E-state index contributed by atoms with van der Waals surface area (Å²) in [7, 11) is 0. The number of carbonyl (C=O) groups is 3. The van der Waals surface area contributed by atoms with Crippen molar-refractivity contribution in [3.8, 4) is 0 Å². The van der Waals surface area contributed by atoms with E-state index >= 15 is 0 Å². The summed E-state index contributed by atoms with van der Waals surface area (Å²) in [5.74, 6) is -1.18. The monoisotopic (exact) mass is 488 g/mol. The molecule has 184 valence electrons. The highest BCUT2D eigenvalue weighted by molar-refractivity contribution is 6.29. The van der Waals surface area contributed by atoms with Crippen LogP contribution in [-0.4, -0.2) is 46.8 Å². The number of esters is 1. The Morgan fingerprint density at radius 2 is 2.09 bits per heavy atom. The Bertz CT molecular complexity index is 1030. The van der Waals surface area contributed by atoms with E-state index in [0.29, 0.717) is 25.9 Å². The van der Waals surface area contributed by atoms with E-state index in [-0.39, 0.29) is 46.9 Å². The fourth-order valence-electron chi connectivity index (χ4n) is 8.37. The fraction of sp³-hybridized carbons (Fsp3) is 0.667.